The molecule has 10 rings (SSSR count). The summed E-state index contributed by atoms with van der Waals surface area (Å²) in [4.78, 5) is 41.8. The van der Waals surface area contributed by atoms with Crippen LogP contribution in [-0.4, -0.2) is 94.7 Å². The first-order valence-electron chi connectivity index (χ1n) is 24.0. The largest absolute Gasteiger partial charge is 0.493 e. The van der Waals surface area contributed by atoms with Gasteiger partial charge in [0.15, 0.2) is 0 Å². The SMILES string of the molecule is CSc1ccc(C(=O)Nc2ccc(C3CNCCO3)cc2)cc1.O=C(Nc1ccc(C2CNCCO2)cc1)c1ccc(OCC2CC2)cc1.O=C(Nc1ccc(C2CNCCO2)cc1)c1ccnc(Cl)c1. The van der Waals surface area contributed by atoms with Gasteiger partial charge in [0.05, 0.1) is 44.7 Å². The number of nitrogens with zero attached hydrogens (tertiary/aromatic N) is 1. The van der Waals surface area contributed by atoms with Gasteiger partial charge in [-0.15, -0.1) is 11.8 Å². The second-order valence-corrected chi connectivity index (χ2v) is 18.6. The van der Waals surface area contributed by atoms with E-state index in [1.807, 2.05) is 115 Å². The monoisotopic (exact) mass is 997 g/mol. The minimum Gasteiger partial charge on any atom is -0.493 e. The Labute approximate surface area is 424 Å². The molecule has 3 atom stereocenters. The molecule has 1 saturated carbocycles. The van der Waals surface area contributed by atoms with Crippen LogP contribution in [0.2, 0.25) is 5.15 Å². The van der Waals surface area contributed by atoms with Crippen molar-refractivity contribution in [1.82, 2.24) is 20.9 Å². The predicted molar refractivity (Wildman–Crippen MR) is 280 cm³/mol. The highest BCUT2D eigenvalue weighted by Crippen LogP contribution is 2.30. The summed E-state index contributed by atoms with van der Waals surface area (Å²) >= 11 is 7.45. The standard InChI is InChI=1S/C21H24N2O3.C18H20N2O2S.C16H16ClN3O2/c24-21(17-5-9-19(10-6-17)26-14-15-1-2-15)23-18-7-3-16(4-8-18)20-13-22-11-12-25-20;1-23-16-8-4-14(5-9-16)18(21)20-15-6-2-13(3-7-15)17-12-19-10-11-22-17;17-15-9-12(5-6-19-15)16(21)20-13-3-1-11(2-4-13)14-10-18-7-8-22-14/h3-10,15,20,22H,1-2,11-14H2,(H,23,24);2-9,17,19H,10-12H2,1H3,(H,20,21);1-6,9,14,18H,7-8,10H2,(H,20,21). The molecule has 1 aromatic heterocycles. The van der Waals surface area contributed by atoms with E-state index in [1.54, 1.807) is 30.0 Å². The van der Waals surface area contributed by atoms with E-state index >= 15 is 0 Å². The number of hydrogen-bond acceptors (Lipinski definition) is 12. The zero-order valence-electron chi connectivity index (χ0n) is 39.7. The van der Waals surface area contributed by atoms with Crippen molar-refractivity contribution in [1.29, 1.82) is 0 Å². The van der Waals surface area contributed by atoms with Crippen LogP contribution in [0, 0.1) is 5.92 Å². The maximum absolute atomic E-state index is 12.4. The van der Waals surface area contributed by atoms with Crippen molar-refractivity contribution in [2.24, 2.45) is 5.92 Å². The van der Waals surface area contributed by atoms with Gasteiger partial charge in [-0.05, 0) is 139 Å². The minimum absolute atomic E-state index is 0.0671. The summed E-state index contributed by atoms with van der Waals surface area (Å²) < 4.78 is 22.9. The summed E-state index contributed by atoms with van der Waals surface area (Å²) in [5.41, 5.74) is 7.38. The van der Waals surface area contributed by atoms with E-state index in [-0.39, 0.29) is 36.0 Å². The average Bonchev–Trinajstić information content (AvgIpc) is 4.27. The molecule has 0 radical (unpaired) electrons. The van der Waals surface area contributed by atoms with Gasteiger partial charge in [-0.3, -0.25) is 14.4 Å². The summed E-state index contributed by atoms with van der Waals surface area (Å²) in [6, 6.07) is 41.4. The normalized spacial score (nSPS) is 18.5. The molecule has 3 unspecified atom stereocenters. The van der Waals surface area contributed by atoms with Crippen LogP contribution in [0.1, 0.15) is 78.9 Å². The van der Waals surface area contributed by atoms with Gasteiger partial charge in [0.2, 0.25) is 0 Å². The minimum atomic E-state index is -0.215. The van der Waals surface area contributed by atoms with Crippen molar-refractivity contribution < 1.29 is 33.3 Å². The number of amides is 3. The third-order valence-corrected chi connectivity index (χ3v) is 13.0. The number of hydrogen-bond donors (Lipinski definition) is 6. The number of pyridine rings is 1. The number of anilines is 3. The number of aromatic nitrogens is 1. The Morgan fingerprint density at radius 3 is 1.35 bits per heavy atom. The van der Waals surface area contributed by atoms with Crippen molar-refractivity contribution in [2.45, 2.75) is 36.0 Å². The van der Waals surface area contributed by atoms with Crippen LogP contribution >= 0.6 is 23.4 Å². The first-order chi connectivity index (χ1) is 34.8. The van der Waals surface area contributed by atoms with Crippen LogP contribution in [0.5, 0.6) is 5.75 Å². The van der Waals surface area contributed by atoms with Crippen molar-refractivity contribution in [3.05, 3.63) is 178 Å². The smallest absolute Gasteiger partial charge is 0.255 e. The van der Waals surface area contributed by atoms with Gasteiger partial charge >= 0.3 is 0 Å². The maximum Gasteiger partial charge on any atom is 0.255 e. The van der Waals surface area contributed by atoms with Gasteiger partial charge in [0.1, 0.15) is 10.9 Å². The van der Waals surface area contributed by atoms with E-state index in [2.05, 4.69) is 36.9 Å². The quantitative estimate of drug-likeness (QED) is 0.0479. The first kappa shape index (κ1) is 51.2. The number of benzene rings is 5. The van der Waals surface area contributed by atoms with Crippen LogP contribution in [0.3, 0.4) is 0 Å². The predicted octanol–water partition coefficient (Wildman–Crippen LogP) is 9.36. The van der Waals surface area contributed by atoms with Crippen LogP contribution in [0.15, 0.2) is 145 Å². The molecule has 4 heterocycles. The Morgan fingerprint density at radius 2 is 0.986 bits per heavy atom. The van der Waals surface area contributed by atoms with Crippen LogP contribution in [0.4, 0.5) is 17.1 Å². The van der Waals surface area contributed by atoms with E-state index in [0.717, 1.165) is 109 Å². The lowest BCUT2D eigenvalue weighted by atomic mass is 10.1. The maximum atomic E-state index is 12.4. The molecule has 6 N–H and O–H groups in total. The summed E-state index contributed by atoms with van der Waals surface area (Å²) in [6.07, 6.45) is 6.29. The molecule has 3 amide bonds. The number of carbonyl (C=O) groups excluding carboxylic acids is 3. The molecule has 1 aliphatic carbocycles. The van der Waals surface area contributed by atoms with Crippen LogP contribution in [-0.2, 0) is 14.2 Å². The Bertz CT molecular complexity index is 2620. The fourth-order valence-electron chi connectivity index (χ4n) is 7.78. The molecule has 370 valence electrons. The molecule has 3 aliphatic heterocycles. The molecule has 71 heavy (non-hydrogen) atoms. The van der Waals surface area contributed by atoms with Gasteiger partial charge in [0, 0.05) is 84.1 Å². The number of carbonyl (C=O) groups is 3. The van der Waals surface area contributed by atoms with Gasteiger partial charge in [-0.2, -0.15) is 0 Å². The molecular weight excluding hydrogens is 938 g/mol. The van der Waals surface area contributed by atoms with Crippen molar-refractivity contribution >= 4 is 58.1 Å². The molecule has 4 fully saturated rings. The topological polar surface area (TPSA) is 173 Å². The number of halogens is 1. The highest BCUT2D eigenvalue weighted by molar-refractivity contribution is 7.98. The Morgan fingerprint density at radius 1 is 0.577 bits per heavy atom. The second kappa shape index (κ2) is 26.3. The Kier molecular flexibility index (Phi) is 19.0. The number of ether oxygens (including phenoxy) is 4. The summed E-state index contributed by atoms with van der Waals surface area (Å²) in [7, 11) is 0. The summed E-state index contributed by atoms with van der Waals surface area (Å²) in [5, 5.41) is 18.9. The lowest BCUT2D eigenvalue weighted by Crippen LogP contribution is -2.33. The molecular formula is C55H60ClN7O7S. The number of thioether (sulfide) groups is 1. The number of morpholine rings is 3. The van der Waals surface area contributed by atoms with Crippen LogP contribution < -0.4 is 36.6 Å². The molecule has 6 aromatic rings. The highest BCUT2D eigenvalue weighted by Gasteiger charge is 2.22. The van der Waals surface area contributed by atoms with Gasteiger partial charge < -0.3 is 50.8 Å². The summed E-state index contributed by atoms with van der Waals surface area (Å²) in [6.45, 7) is 8.09. The molecule has 3 saturated heterocycles. The number of rotatable bonds is 13. The Hall–Kier alpha value is -6.14. The van der Waals surface area contributed by atoms with Crippen molar-refractivity contribution in [3.8, 4) is 5.75 Å². The zero-order valence-corrected chi connectivity index (χ0v) is 41.2. The van der Waals surface area contributed by atoms with E-state index in [4.69, 9.17) is 30.5 Å². The average molecular weight is 999 g/mol. The highest BCUT2D eigenvalue weighted by atomic mass is 35.5. The van der Waals surface area contributed by atoms with Crippen molar-refractivity contribution in [3.63, 3.8) is 0 Å². The third kappa shape index (κ3) is 15.9. The molecule has 5 aromatic carbocycles. The van der Waals surface area contributed by atoms with E-state index in [0.29, 0.717) is 28.5 Å². The summed E-state index contributed by atoms with van der Waals surface area (Å²) in [5.74, 6) is 1.10. The molecule has 0 bridgehead atoms. The van der Waals surface area contributed by atoms with E-state index in [9.17, 15) is 14.4 Å². The van der Waals surface area contributed by atoms with Crippen LogP contribution in [0.25, 0.3) is 0 Å². The molecule has 14 nitrogen and oxygen atoms in total. The lowest BCUT2D eigenvalue weighted by Gasteiger charge is -2.24. The molecule has 4 aliphatic rings. The fourth-order valence-corrected chi connectivity index (χ4v) is 8.36. The van der Waals surface area contributed by atoms with E-state index < -0.39 is 0 Å². The first-order valence-corrected chi connectivity index (χ1v) is 25.6. The molecule has 0 spiro atoms. The van der Waals surface area contributed by atoms with Gasteiger partial charge in [-0.1, -0.05) is 48.0 Å². The number of nitrogens with one attached hydrogen (secondary N) is 6. The van der Waals surface area contributed by atoms with Gasteiger partial charge in [0.25, 0.3) is 17.7 Å². The lowest BCUT2D eigenvalue weighted by molar-refractivity contribution is 0.0276. The third-order valence-electron chi connectivity index (χ3n) is 12.0. The van der Waals surface area contributed by atoms with Gasteiger partial charge in [-0.25, -0.2) is 4.98 Å². The fraction of sp³-hybridized carbons (Fsp3) is 0.309. The Balaban J connectivity index is 0.000000143. The zero-order chi connectivity index (χ0) is 49.2. The van der Waals surface area contributed by atoms with E-state index in [1.165, 1.54) is 25.1 Å². The second-order valence-electron chi connectivity index (χ2n) is 17.3. The molecule has 16 heteroatoms. The van der Waals surface area contributed by atoms with Crippen molar-refractivity contribution in [2.75, 3.05) is 87.9 Å².